The summed E-state index contributed by atoms with van der Waals surface area (Å²) in [4.78, 5) is 48.5. The first kappa shape index (κ1) is 24.9. The number of halogens is 1. The Kier molecular flexibility index (Phi) is 6.06. The lowest BCUT2D eigenvalue weighted by molar-refractivity contribution is 0.0929. The van der Waals surface area contributed by atoms with Crippen LogP contribution in [0, 0.1) is 12.7 Å². The monoisotopic (exact) mass is 543 g/mol. The fraction of sp³-hybridized carbons (Fsp3) is 0.192. The number of hydrogen-bond donors (Lipinski definition) is 4. The number of nitrogen functional groups attached to an aromatic ring is 1. The van der Waals surface area contributed by atoms with E-state index in [1.807, 2.05) is 12.1 Å². The molecule has 0 spiro atoms. The molecule has 1 atom stereocenters. The summed E-state index contributed by atoms with van der Waals surface area (Å²) in [5.41, 5.74) is 9.50. The summed E-state index contributed by atoms with van der Waals surface area (Å²) in [6.45, 7) is 1.77. The van der Waals surface area contributed by atoms with Crippen molar-refractivity contribution in [2.45, 2.75) is 32.4 Å². The summed E-state index contributed by atoms with van der Waals surface area (Å²) >= 11 is 0. The van der Waals surface area contributed by atoms with Crippen molar-refractivity contribution in [3.8, 4) is 11.4 Å². The number of fused-ring (bicyclic) bond motifs is 2. The maximum atomic E-state index is 13.6. The minimum absolute atomic E-state index is 0.00834. The fourth-order valence-electron chi connectivity index (χ4n) is 4.75. The van der Waals surface area contributed by atoms with Crippen molar-refractivity contribution in [2.24, 2.45) is 0 Å². The van der Waals surface area contributed by atoms with E-state index in [4.69, 9.17) is 5.73 Å². The van der Waals surface area contributed by atoms with Crippen molar-refractivity contribution in [2.75, 3.05) is 5.73 Å². The lowest BCUT2D eigenvalue weighted by Crippen LogP contribution is -2.30. The number of rotatable bonds is 6. The van der Waals surface area contributed by atoms with Gasteiger partial charge in [-0.3, -0.25) is 19.1 Å². The van der Waals surface area contributed by atoms with Crippen LogP contribution in [0.15, 0.2) is 51.8 Å². The number of carbonyl (C=O) groups is 2. The van der Waals surface area contributed by atoms with E-state index in [-0.39, 0.29) is 41.5 Å². The summed E-state index contributed by atoms with van der Waals surface area (Å²) < 4.78 is 19.3. The van der Waals surface area contributed by atoms with Crippen LogP contribution < -0.4 is 22.1 Å². The first-order chi connectivity index (χ1) is 19.2. The number of nitrogens with one attached hydrogen (secondary N) is 3. The highest BCUT2D eigenvalue weighted by Crippen LogP contribution is 2.33. The van der Waals surface area contributed by atoms with Gasteiger partial charge in [0.05, 0.1) is 6.04 Å². The molecule has 5 N–H and O–H groups in total. The zero-order chi connectivity index (χ0) is 28.0. The Hall–Kier alpha value is -5.40. The van der Waals surface area contributed by atoms with Crippen LogP contribution >= 0.6 is 0 Å². The van der Waals surface area contributed by atoms with Gasteiger partial charge in [0, 0.05) is 18.2 Å². The molecule has 2 aromatic carbocycles. The molecule has 0 bridgehead atoms. The van der Waals surface area contributed by atoms with E-state index in [9.17, 15) is 18.8 Å². The second-order valence-electron chi connectivity index (χ2n) is 9.40. The Balaban J connectivity index is 1.23. The number of benzene rings is 2. The van der Waals surface area contributed by atoms with E-state index in [0.29, 0.717) is 35.4 Å². The molecule has 5 aromatic rings. The van der Waals surface area contributed by atoms with Crippen LogP contribution in [0.3, 0.4) is 0 Å². The number of nitrogens with two attached hydrogens (primary N) is 1. The van der Waals surface area contributed by atoms with Crippen LogP contribution in [-0.4, -0.2) is 41.5 Å². The molecular weight excluding hydrogens is 521 g/mol. The Morgan fingerprint density at radius 3 is 2.80 bits per heavy atom. The van der Waals surface area contributed by atoms with E-state index in [1.165, 1.54) is 16.6 Å². The standard InChI is InChI=1S/C26H22FN9O4/c1-12-8-13(2-6-17(12)27)11-29-22(37)19-10-20(36-25(31-19)33-24(28)34-36)23(38)30-18-7-4-14-9-15(3-5-16(14)18)21-32-26(39)40-35-21/h2-3,5-6,8-10,18H,4,7,11H2,1H3,(H2,28,34)(H,29,37)(H,30,38)(H,32,35,39)/t18-/m0/s1. The van der Waals surface area contributed by atoms with E-state index >= 15 is 0 Å². The highest BCUT2D eigenvalue weighted by atomic mass is 19.1. The van der Waals surface area contributed by atoms with Gasteiger partial charge in [-0.2, -0.15) is 9.50 Å². The van der Waals surface area contributed by atoms with Gasteiger partial charge in [0.2, 0.25) is 5.95 Å². The second kappa shape index (κ2) is 9.72. The van der Waals surface area contributed by atoms with E-state index in [0.717, 1.165) is 11.1 Å². The second-order valence-corrected chi connectivity index (χ2v) is 9.40. The number of anilines is 1. The molecule has 1 aliphatic carbocycles. The zero-order valence-corrected chi connectivity index (χ0v) is 21.1. The number of H-pyrrole nitrogens is 1. The molecule has 0 fully saturated rings. The maximum Gasteiger partial charge on any atom is 0.439 e. The minimum atomic E-state index is -0.642. The fourth-order valence-corrected chi connectivity index (χ4v) is 4.75. The predicted molar refractivity (Wildman–Crippen MR) is 139 cm³/mol. The van der Waals surface area contributed by atoms with Crippen molar-refractivity contribution >= 4 is 23.5 Å². The first-order valence-electron chi connectivity index (χ1n) is 12.3. The topological polar surface area (TPSA) is 186 Å². The summed E-state index contributed by atoms with van der Waals surface area (Å²) in [6, 6.07) is 11.1. The third kappa shape index (κ3) is 4.66. The summed E-state index contributed by atoms with van der Waals surface area (Å²) in [5.74, 6) is -1.82. The summed E-state index contributed by atoms with van der Waals surface area (Å²) in [6.07, 6.45) is 1.33. The van der Waals surface area contributed by atoms with Crippen molar-refractivity contribution in [3.05, 3.63) is 92.5 Å². The molecular formula is C26H22FN9O4. The molecule has 202 valence electrons. The van der Waals surface area contributed by atoms with Gasteiger partial charge in [0.1, 0.15) is 17.2 Å². The van der Waals surface area contributed by atoms with Gasteiger partial charge in [0.15, 0.2) is 5.82 Å². The Bertz CT molecular complexity index is 1860. The molecule has 0 radical (unpaired) electrons. The van der Waals surface area contributed by atoms with Crippen LogP contribution in [0.25, 0.3) is 17.2 Å². The van der Waals surface area contributed by atoms with Crippen LogP contribution in [0.2, 0.25) is 0 Å². The molecule has 0 saturated heterocycles. The van der Waals surface area contributed by atoms with Crippen LogP contribution in [0.5, 0.6) is 0 Å². The molecule has 13 nitrogen and oxygen atoms in total. The van der Waals surface area contributed by atoms with Crippen molar-refractivity contribution in [3.63, 3.8) is 0 Å². The highest BCUT2D eigenvalue weighted by molar-refractivity contribution is 5.98. The van der Waals surface area contributed by atoms with Gasteiger partial charge in [-0.05, 0) is 54.2 Å². The van der Waals surface area contributed by atoms with Gasteiger partial charge < -0.3 is 16.4 Å². The number of amides is 2. The lowest BCUT2D eigenvalue weighted by atomic mass is 10.0. The number of aryl methyl sites for hydroxylation is 2. The van der Waals surface area contributed by atoms with Gasteiger partial charge in [0.25, 0.3) is 17.6 Å². The Labute approximate surface area is 224 Å². The summed E-state index contributed by atoms with van der Waals surface area (Å²) in [5, 5.41) is 13.5. The maximum absolute atomic E-state index is 13.6. The lowest BCUT2D eigenvalue weighted by Gasteiger charge is -2.15. The third-order valence-corrected chi connectivity index (χ3v) is 6.71. The molecule has 3 aromatic heterocycles. The van der Waals surface area contributed by atoms with E-state index in [2.05, 4.69) is 40.4 Å². The number of nitrogens with zero attached hydrogens (tertiary/aromatic N) is 5. The van der Waals surface area contributed by atoms with Crippen molar-refractivity contribution < 1.29 is 18.5 Å². The van der Waals surface area contributed by atoms with E-state index < -0.39 is 17.6 Å². The molecule has 40 heavy (non-hydrogen) atoms. The number of carbonyl (C=O) groups excluding carboxylic acids is 2. The molecule has 0 unspecified atom stereocenters. The van der Waals surface area contributed by atoms with Crippen molar-refractivity contribution in [1.29, 1.82) is 0 Å². The van der Waals surface area contributed by atoms with Crippen molar-refractivity contribution in [1.82, 2.24) is 40.4 Å². The van der Waals surface area contributed by atoms with Gasteiger partial charge in [-0.25, -0.2) is 14.2 Å². The number of hydrogen-bond acceptors (Lipinski definition) is 9. The molecule has 6 rings (SSSR count). The zero-order valence-electron chi connectivity index (χ0n) is 21.1. The Morgan fingerprint density at radius 1 is 1.18 bits per heavy atom. The normalized spacial score (nSPS) is 14.3. The largest absolute Gasteiger partial charge is 0.439 e. The first-order valence-corrected chi connectivity index (χ1v) is 12.3. The highest BCUT2D eigenvalue weighted by Gasteiger charge is 2.27. The third-order valence-electron chi connectivity index (χ3n) is 6.71. The molecule has 0 saturated carbocycles. The van der Waals surface area contributed by atoms with E-state index in [1.54, 1.807) is 25.1 Å². The number of aromatic amines is 1. The quantitative estimate of drug-likeness (QED) is 0.248. The van der Waals surface area contributed by atoms with Crippen LogP contribution in [0.4, 0.5) is 10.3 Å². The molecule has 0 aliphatic heterocycles. The van der Waals surface area contributed by atoms with Gasteiger partial charge in [-0.15, -0.1) is 5.10 Å². The Morgan fingerprint density at radius 2 is 2.02 bits per heavy atom. The molecule has 3 heterocycles. The molecule has 14 heteroatoms. The van der Waals surface area contributed by atoms with Crippen LogP contribution in [-0.2, 0) is 13.0 Å². The minimum Gasteiger partial charge on any atom is -0.366 e. The smallest absolute Gasteiger partial charge is 0.366 e. The van der Waals surface area contributed by atoms with Gasteiger partial charge >= 0.3 is 5.76 Å². The predicted octanol–water partition coefficient (Wildman–Crippen LogP) is 1.84. The molecule has 1 aliphatic rings. The average molecular weight is 544 g/mol. The summed E-state index contributed by atoms with van der Waals surface area (Å²) in [7, 11) is 0. The number of aromatic nitrogens is 6. The average Bonchev–Trinajstić information content (AvgIpc) is 3.65. The molecule has 2 amide bonds. The van der Waals surface area contributed by atoms with Crippen LogP contribution in [0.1, 0.15) is 55.7 Å². The van der Waals surface area contributed by atoms with Gasteiger partial charge in [-0.1, -0.05) is 29.4 Å². The SMILES string of the molecule is Cc1cc(CNC(=O)c2cc(C(=O)N[C@H]3CCc4cc(-c5noc(=O)[nH]5)ccc43)n3nc(N)nc3n2)ccc1F.